The van der Waals surface area contributed by atoms with E-state index < -0.39 is 17.7 Å². The number of ether oxygens (including phenoxy) is 1. The van der Waals surface area contributed by atoms with Crippen LogP contribution in [0.5, 0.6) is 0 Å². The van der Waals surface area contributed by atoms with Gasteiger partial charge < -0.3 is 30.3 Å². The molecule has 10 heteroatoms. The largest absolute Gasteiger partial charge is 0.483 e. The van der Waals surface area contributed by atoms with Crippen molar-refractivity contribution in [2.24, 2.45) is 0 Å². The highest BCUT2D eigenvalue weighted by molar-refractivity contribution is 5.87. The molecule has 2 aliphatic rings. The van der Waals surface area contributed by atoms with Crippen LogP contribution in [0.1, 0.15) is 47.0 Å². The van der Waals surface area contributed by atoms with Crippen LogP contribution in [0.2, 0.25) is 0 Å². The quantitative estimate of drug-likeness (QED) is 0.564. The average Bonchev–Trinajstić information content (AvgIpc) is 2.94. The molecule has 2 heterocycles. The van der Waals surface area contributed by atoms with Crippen LogP contribution < -0.4 is 10.6 Å². The summed E-state index contributed by atoms with van der Waals surface area (Å²) in [6.45, 7) is 7.76. The SMILES string of the molecule is CNC(=O)N1CCC2CCC(C)N2C(=O)C(NC(=O)OC(C)(C)C)C1.O=CO. The van der Waals surface area contributed by atoms with Gasteiger partial charge in [-0.05, 0) is 47.0 Å². The Morgan fingerprint density at radius 1 is 1.25 bits per heavy atom. The van der Waals surface area contributed by atoms with Gasteiger partial charge in [0.2, 0.25) is 5.91 Å². The Kier molecular flexibility index (Phi) is 8.52. The van der Waals surface area contributed by atoms with E-state index >= 15 is 0 Å². The van der Waals surface area contributed by atoms with Crippen LogP contribution in [0, 0.1) is 0 Å². The number of nitrogens with one attached hydrogen (secondary N) is 2. The highest BCUT2D eigenvalue weighted by Gasteiger charge is 2.41. The normalized spacial score (nSPS) is 24.8. The van der Waals surface area contributed by atoms with Gasteiger partial charge in [0.05, 0.1) is 6.54 Å². The molecule has 4 amide bonds. The summed E-state index contributed by atoms with van der Waals surface area (Å²) in [5, 5.41) is 12.1. The van der Waals surface area contributed by atoms with Gasteiger partial charge in [-0.15, -0.1) is 0 Å². The molecular weight excluding hydrogens is 368 g/mol. The fourth-order valence-electron chi connectivity index (χ4n) is 3.53. The number of carbonyl (C=O) groups excluding carboxylic acids is 3. The molecular formula is C18H32N4O6. The van der Waals surface area contributed by atoms with E-state index in [1.165, 1.54) is 0 Å². The van der Waals surface area contributed by atoms with Crippen LogP contribution in [0.3, 0.4) is 0 Å². The minimum absolute atomic E-state index is 0.109. The molecule has 28 heavy (non-hydrogen) atoms. The summed E-state index contributed by atoms with van der Waals surface area (Å²) in [6.07, 6.45) is 1.97. The molecule has 2 aliphatic heterocycles. The molecule has 0 aromatic carbocycles. The van der Waals surface area contributed by atoms with Gasteiger partial charge >= 0.3 is 12.1 Å². The summed E-state index contributed by atoms with van der Waals surface area (Å²) < 4.78 is 5.28. The van der Waals surface area contributed by atoms with Gasteiger partial charge in [0.25, 0.3) is 6.47 Å². The van der Waals surface area contributed by atoms with Crippen LogP contribution in [-0.2, 0) is 14.3 Å². The van der Waals surface area contributed by atoms with E-state index in [9.17, 15) is 14.4 Å². The molecule has 2 fully saturated rings. The van der Waals surface area contributed by atoms with E-state index in [1.54, 1.807) is 32.7 Å². The highest BCUT2D eigenvalue weighted by Crippen LogP contribution is 2.28. The number of hydrogen-bond donors (Lipinski definition) is 3. The van der Waals surface area contributed by atoms with Crippen molar-refractivity contribution in [3.8, 4) is 0 Å². The van der Waals surface area contributed by atoms with Gasteiger partial charge in [0, 0.05) is 25.7 Å². The second kappa shape index (κ2) is 10.1. The number of rotatable bonds is 1. The summed E-state index contributed by atoms with van der Waals surface area (Å²) >= 11 is 0. The Balaban J connectivity index is 0.00000122. The predicted molar refractivity (Wildman–Crippen MR) is 102 cm³/mol. The minimum Gasteiger partial charge on any atom is -0.483 e. The van der Waals surface area contributed by atoms with Crippen molar-refractivity contribution in [2.45, 2.75) is 70.7 Å². The lowest BCUT2D eigenvalue weighted by molar-refractivity contribution is -0.137. The molecule has 3 unspecified atom stereocenters. The predicted octanol–water partition coefficient (Wildman–Crippen LogP) is 1.01. The van der Waals surface area contributed by atoms with E-state index in [4.69, 9.17) is 14.6 Å². The Morgan fingerprint density at radius 3 is 2.39 bits per heavy atom. The van der Waals surface area contributed by atoms with Crippen molar-refractivity contribution in [3.05, 3.63) is 0 Å². The lowest BCUT2D eigenvalue weighted by atomic mass is 10.1. The fourth-order valence-corrected chi connectivity index (χ4v) is 3.53. The maximum atomic E-state index is 13.0. The topological polar surface area (TPSA) is 128 Å². The van der Waals surface area contributed by atoms with Gasteiger partial charge in [-0.1, -0.05) is 0 Å². The Morgan fingerprint density at radius 2 is 1.86 bits per heavy atom. The number of nitrogens with zero attached hydrogens (tertiary/aromatic N) is 2. The van der Waals surface area contributed by atoms with Crippen molar-refractivity contribution in [3.63, 3.8) is 0 Å². The monoisotopic (exact) mass is 400 g/mol. The fraction of sp³-hybridized carbons (Fsp3) is 0.778. The Hall–Kier alpha value is -2.52. The standard InChI is InChI=1S/C17H30N4O4.CH2O2/c1-11-6-7-12-8-9-20(15(23)18-5)10-13(14(22)21(11)12)19-16(24)25-17(2,3)4;2-1-3/h11-13H,6-10H2,1-5H3,(H,18,23)(H,19,24);1H,(H,2,3). The first kappa shape index (κ1) is 23.5. The molecule has 0 bridgehead atoms. The maximum absolute atomic E-state index is 13.0. The second-order valence-electron chi connectivity index (χ2n) is 7.92. The zero-order valence-corrected chi connectivity index (χ0v) is 17.2. The lowest BCUT2D eigenvalue weighted by Crippen LogP contribution is -2.60. The third kappa shape index (κ3) is 6.58. The average molecular weight is 400 g/mol. The summed E-state index contributed by atoms with van der Waals surface area (Å²) in [5.41, 5.74) is -0.654. The zero-order valence-electron chi connectivity index (χ0n) is 17.2. The van der Waals surface area contributed by atoms with Crippen molar-refractivity contribution < 1.29 is 29.0 Å². The summed E-state index contributed by atoms with van der Waals surface area (Å²) in [6, 6.07) is -0.802. The molecule has 0 radical (unpaired) electrons. The van der Waals surface area contributed by atoms with Crippen LogP contribution >= 0.6 is 0 Å². The Labute approximate surface area is 165 Å². The van der Waals surface area contributed by atoms with E-state index in [1.807, 2.05) is 11.8 Å². The minimum atomic E-state index is -0.810. The first-order chi connectivity index (χ1) is 13.0. The summed E-state index contributed by atoms with van der Waals surface area (Å²) in [7, 11) is 1.56. The van der Waals surface area contributed by atoms with Crippen LogP contribution in [-0.4, -0.2) is 83.3 Å². The van der Waals surface area contributed by atoms with Crippen molar-refractivity contribution in [2.75, 3.05) is 20.1 Å². The third-order valence-electron chi connectivity index (χ3n) is 4.67. The molecule has 0 aromatic heterocycles. The smallest absolute Gasteiger partial charge is 0.408 e. The first-order valence-electron chi connectivity index (χ1n) is 9.40. The van der Waals surface area contributed by atoms with Gasteiger partial charge in [-0.3, -0.25) is 9.59 Å². The molecule has 3 atom stereocenters. The third-order valence-corrected chi connectivity index (χ3v) is 4.67. The summed E-state index contributed by atoms with van der Waals surface area (Å²) in [5.74, 6) is -0.144. The molecule has 2 saturated heterocycles. The number of carboxylic acid groups (broad SMARTS) is 1. The molecule has 160 valence electrons. The number of amides is 4. The maximum Gasteiger partial charge on any atom is 0.408 e. The molecule has 0 aliphatic carbocycles. The van der Waals surface area contributed by atoms with Crippen molar-refractivity contribution >= 4 is 24.5 Å². The van der Waals surface area contributed by atoms with Crippen molar-refractivity contribution in [1.29, 1.82) is 0 Å². The van der Waals surface area contributed by atoms with Crippen molar-refractivity contribution in [1.82, 2.24) is 20.4 Å². The van der Waals surface area contributed by atoms with Gasteiger partial charge in [-0.25, -0.2) is 9.59 Å². The van der Waals surface area contributed by atoms with Crippen LogP contribution in [0.25, 0.3) is 0 Å². The number of hydrogen-bond acceptors (Lipinski definition) is 5. The number of alkyl carbamates (subject to hydrolysis) is 1. The number of fused-ring (bicyclic) bond motifs is 1. The van der Waals surface area contributed by atoms with Crippen LogP contribution in [0.4, 0.5) is 9.59 Å². The lowest BCUT2D eigenvalue weighted by Gasteiger charge is -2.38. The molecule has 3 N–H and O–H groups in total. The van der Waals surface area contributed by atoms with E-state index in [0.29, 0.717) is 6.54 Å². The molecule has 2 rings (SSSR count). The molecule has 0 saturated carbocycles. The second-order valence-corrected chi connectivity index (χ2v) is 7.92. The number of urea groups is 1. The van der Waals surface area contributed by atoms with Gasteiger partial charge in [0.1, 0.15) is 11.6 Å². The Bertz CT molecular complexity index is 577. The molecule has 0 aromatic rings. The van der Waals surface area contributed by atoms with E-state index in [0.717, 1.165) is 19.3 Å². The highest BCUT2D eigenvalue weighted by atomic mass is 16.6. The summed E-state index contributed by atoms with van der Waals surface area (Å²) in [4.78, 5) is 49.1. The molecule has 0 spiro atoms. The number of carbonyl (C=O) groups is 4. The van der Waals surface area contributed by atoms with E-state index in [-0.39, 0.29) is 37.0 Å². The van der Waals surface area contributed by atoms with Gasteiger partial charge in [-0.2, -0.15) is 0 Å². The van der Waals surface area contributed by atoms with Gasteiger partial charge in [0.15, 0.2) is 0 Å². The zero-order chi connectivity index (χ0) is 21.5. The van der Waals surface area contributed by atoms with E-state index in [2.05, 4.69) is 10.6 Å². The van der Waals surface area contributed by atoms with Crippen LogP contribution in [0.15, 0.2) is 0 Å². The first-order valence-corrected chi connectivity index (χ1v) is 9.40. The molecule has 10 nitrogen and oxygen atoms in total.